The van der Waals surface area contributed by atoms with Gasteiger partial charge in [-0.2, -0.15) is 0 Å². The van der Waals surface area contributed by atoms with E-state index in [0.717, 1.165) is 12.8 Å². The summed E-state index contributed by atoms with van der Waals surface area (Å²) in [6.07, 6.45) is 1.78. The third-order valence-electron chi connectivity index (χ3n) is 2.87. The highest BCUT2D eigenvalue weighted by Gasteiger charge is 2.28. The van der Waals surface area contributed by atoms with Crippen molar-refractivity contribution in [2.75, 3.05) is 0 Å². The largest absolute Gasteiger partial charge is 0.444 e. The number of amides is 1. The molecule has 2 N–H and O–H groups in total. The van der Waals surface area contributed by atoms with Crippen LogP contribution in [0.3, 0.4) is 0 Å². The third-order valence-corrected chi connectivity index (χ3v) is 2.87. The highest BCUT2D eigenvalue weighted by Crippen LogP contribution is 2.24. The second-order valence-electron chi connectivity index (χ2n) is 5.70. The number of rotatable bonds is 1. The van der Waals surface area contributed by atoms with Gasteiger partial charge in [-0.1, -0.05) is 6.92 Å². The molecule has 0 unspecified atom stereocenters. The molecule has 16 heavy (non-hydrogen) atoms. The summed E-state index contributed by atoms with van der Waals surface area (Å²) < 4.78 is 5.17. The van der Waals surface area contributed by atoms with Gasteiger partial charge in [-0.25, -0.2) is 4.79 Å². The topological polar surface area (TPSA) is 58.6 Å². The molecule has 4 heteroatoms. The number of aliphatic hydroxyl groups is 1. The molecule has 0 saturated heterocycles. The number of ether oxygens (including phenoxy) is 1. The molecule has 0 aromatic rings. The summed E-state index contributed by atoms with van der Waals surface area (Å²) in [6.45, 7) is 7.55. The van der Waals surface area contributed by atoms with Crippen LogP contribution in [0.1, 0.15) is 47.0 Å². The van der Waals surface area contributed by atoms with Crippen LogP contribution in [0.5, 0.6) is 0 Å². The van der Waals surface area contributed by atoms with Crippen LogP contribution >= 0.6 is 0 Å². The number of alkyl carbamates (subject to hydrolysis) is 1. The van der Waals surface area contributed by atoms with E-state index in [1.54, 1.807) is 0 Å². The van der Waals surface area contributed by atoms with E-state index in [0.29, 0.717) is 12.3 Å². The molecule has 0 spiro atoms. The lowest BCUT2D eigenvalue weighted by molar-refractivity contribution is 0.0370. The molecular formula is C12H23NO3. The van der Waals surface area contributed by atoms with Crippen molar-refractivity contribution >= 4 is 6.09 Å². The van der Waals surface area contributed by atoms with Gasteiger partial charge in [0.15, 0.2) is 0 Å². The number of carbonyl (C=O) groups is 1. The van der Waals surface area contributed by atoms with Crippen molar-refractivity contribution in [1.29, 1.82) is 0 Å². The second-order valence-corrected chi connectivity index (χ2v) is 5.70. The summed E-state index contributed by atoms with van der Waals surface area (Å²) in [5.74, 6) is 0.330. The molecule has 1 aliphatic rings. The third kappa shape index (κ3) is 4.39. The van der Waals surface area contributed by atoms with Gasteiger partial charge >= 0.3 is 6.09 Å². The monoisotopic (exact) mass is 229 g/mol. The van der Waals surface area contributed by atoms with E-state index in [2.05, 4.69) is 5.32 Å². The smallest absolute Gasteiger partial charge is 0.407 e. The normalized spacial score (nSPS) is 30.9. The van der Waals surface area contributed by atoms with Gasteiger partial charge in [0.2, 0.25) is 0 Å². The molecular weight excluding hydrogens is 206 g/mol. The van der Waals surface area contributed by atoms with Crippen molar-refractivity contribution in [3.8, 4) is 0 Å². The quantitative estimate of drug-likeness (QED) is 0.723. The van der Waals surface area contributed by atoms with Crippen LogP contribution in [0.25, 0.3) is 0 Å². The fourth-order valence-corrected chi connectivity index (χ4v) is 1.90. The van der Waals surface area contributed by atoms with Crippen LogP contribution in [0.2, 0.25) is 0 Å². The molecule has 0 aliphatic heterocycles. The molecule has 1 saturated carbocycles. The van der Waals surface area contributed by atoms with Crippen molar-refractivity contribution in [3.05, 3.63) is 0 Å². The van der Waals surface area contributed by atoms with Crippen LogP contribution in [0, 0.1) is 5.92 Å². The van der Waals surface area contributed by atoms with E-state index in [-0.39, 0.29) is 18.2 Å². The fourth-order valence-electron chi connectivity index (χ4n) is 1.90. The first-order chi connectivity index (χ1) is 7.28. The van der Waals surface area contributed by atoms with Crippen LogP contribution in [-0.2, 0) is 4.74 Å². The molecule has 0 aromatic carbocycles. The van der Waals surface area contributed by atoms with E-state index in [1.165, 1.54) is 0 Å². The highest BCUT2D eigenvalue weighted by molar-refractivity contribution is 5.68. The number of hydrogen-bond donors (Lipinski definition) is 2. The van der Waals surface area contributed by atoms with Gasteiger partial charge in [-0.15, -0.1) is 0 Å². The Bertz CT molecular complexity index is 247. The fraction of sp³-hybridized carbons (Fsp3) is 0.917. The Kier molecular flexibility index (Phi) is 4.19. The summed E-state index contributed by atoms with van der Waals surface area (Å²) in [7, 11) is 0. The van der Waals surface area contributed by atoms with Gasteiger partial charge in [0.1, 0.15) is 5.60 Å². The van der Waals surface area contributed by atoms with Gasteiger partial charge in [0, 0.05) is 6.04 Å². The van der Waals surface area contributed by atoms with Gasteiger partial charge in [-0.3, -0.25) is 0 Å². The minimum absolute atomic E-state index is 0.0426. The Morgan fingerprint density at radius 1 is 1.38 bits per heavy atom. The summed E-state index contributed by atoms with van der Waals surface area (Å²) in [6, 6.07) is 0.0426. The van der Waals surface area contributed by atoms with Gasteiger partial charge in [0.05, 0.1) is 6.10 Å². The molecule has 1 fully saturated rings. The number of nitrogens with one attached hydrogen (secondary N) is 1. The van der Waals surface area contributed by atoms with Gasteiger partial charge in [-0.05, 0) is 46.0 Å². The summed E-state index contributed by atoms with van der Waals surface area (Å²) in [5.41, 5.74) is -0.468. The molecule has 4 nitrogen and oxygen atoms in total. The van der Waals surface area contributed by atoms with Crippen LogP contribution < -0.4 is 5.32 Å². The molecule has 1 aliphatic carbocycles. The van der Waals surface area contributed by atoms with E-state index in [4.69, 9.17) is 4.74 Å². The first-order valence-electron chi connectivity index (χ1n) is 5.95. The maximum atomic E-state index is 11.5. The Balaban J connectivity index is 2.35. The summed E-state index contributed by atoms with van der Waals surface area (Å²) >= 11 is 0. The van der Waals surface area contributed by atoms with Gasteiger partial charge < -0.3 is 15.2 Å². The summed E-state index contributed by atoms with van der Waals surface area (Å²) in [4.78, 5) is 11.5. The van der Waals surface area contributed by atoms with Crippen molar-refractivity contribution in [1.82, 2.24) is 5.32 Å². The average Bonchev–Trinajstić information content (AvgIpc) is 2.08. The van der Waals surface area contributed by atoms with E-state index < -0.39 is 5.60 Å². The summed E-state index contributed by atoms with van der Waals surface area (Å²) in [5, 5.41) is 12.5. The molecule has 94 valence electrons. The van der Waals surface area contributed by atoms with Crippen LogP contribution in [-0.4, -0.2) is 28.9 Å². The Hall–Kier alpha value is -0.770. The van der Waals surface area contributed by atoms with Crippen LogP contribution in [0.4, 0.5) is 4.79 Å². The predicted molar refractivity (Wildman–Crippen MR) is 62.2 cm³/mol. The van der Waals surface area contributed by atoms with E-state index in [1.807, 2.05) is 27.7 Å². The predicted octanol–water partition coefficient (Wildman–Crippen LogP) is 2.06. The van der Waals surface area contributed by atoms with Gasteiger partial charge in [0.25, 0.3) is 0 Å². The Morgan fingerprint density at radius 2 is 2.00 bits per heavy atom. The molecule has 0 aromatic heterocycles. The zero-order chi connectivity index (χ0) is 12.3. The minimum atomic E-state index is -0.468. The van der Waals surface area contributed by atoms with Crippen LogP contribution in [0.15, 0.2) is 0 Å². The average molecular weight is 229 g/mol. The first kappa shape index (κ1) is 13.3. The Labute approximate surface area is 97.4 Å². The highest BCUT2D eigenvalue weighted by atomic mass is 16.6. The lowest BCUT2D eigenvalue weighted by Gasteiger charge is -2.32. The lowest BCUT2D eigenvalue weighted by Crippen LogP contribution is -2.44. The van der Waals surface area contributed by atoms with Crippen molar-refractivity contribution in [2.24, 2.45) is 5.92 Å². The number of carbonyl (C=O) groups excluding carboxylic acids is 1. The molecule has 1 rings (SSSR count). The SMILES string of the molecule is C[C@H]1CC[C@H](NC(=O)OC(C)(C)C)C[C@H]1O. The molecule has 3 atom stereocenters. The van der Waals surface area contributed by atoms with E-state index >= 15 is 0 Å². The first-order valence-corrected chi connectivity index (χ1v) is 5.95. The van der Waals surface area contributed by atoms with Crippen molar-refractivity contribution in [3.63, 3.8) is 0 Å². The minimum Gasteiger partial charge on any atom is -0.444 e. The molecule has 0 heterocycles. The Morgan fingerprint density at radius 3 is 2.50 bits per heavy atom. The zero-order valence-electron chi connectivity index (χ0n) is 10.6. The zero-order valence-corrected chi connectivity index (χ0v) is 10.6. The second kappa shape index (κ2) is 5.04. The maximum Gasteiger partial charge on any atom is 0.407 e. The van der Waals surface area contributed by atoms with Crippen molar-refractivity contribution < 1.29 is 14.6 Å². The standard InChI is InChI=1S/C12H23NO3/c1-8-5-6-9(7-10(8)14)13-11(15)16-12(2,3)4/h8-10,14H,5-7H2,1-4H3,(H,13,15)/t8-,9-,10+/m0/s1. The lowest BCUT2D eigenvalue weighted by atomic mass is 9.85. The van der Waals surface area contributed by atoms with Crippen molar-refractivity contribution in [2.45, 2.75) is 64.7 Å². The van der Waals surface area contributed by atoms with E-state index in [9.17, 15) is 9.90 Å². The maximum absolute atomic E-state index is 11.5. The molecule has 0 bridgehead atoms. The number of aliphatic hydroxyl groups excluding tert-OH is 1. The molecule has 0 radical (unpaired) electrons. The number of hydrogen-bond acceptors (Lipinski definition) is 3. The molecule has 1 amide bonds.